The van der Waals surface area contributed by atoms with Gasteiger partial charge in [0.1, 0.15) is 17.8 Å². The van der Waals surface area contributed by atoms with Crippen LogP contribution < -0.4 is 26.4 Å². The zero-order valence-electron chi connectivity index (χ0n) is 22.9. The zero-order valence-corrected chi connectivity index (χ0v) is 23.7. The molecule has 43 heavy (non-hydrogen) atoms. The van der Waals surface area contributed by atoms with Crippen LogP contribution in [0, 0.1) is 5.92 Å². The number of carbonyl (C=O) groups is 5. The van der Waals surface area contributed by atoms with E-state index >= 15 is 0 Å². The van der Waals surface area contributed by atoms with Crippen LogP contribution in [-0.2, 0) is 29.9 Å². The van der Waals surface area contributed by atoms with Gasteiger partial charge in [0.25, 0.3) is 11.7 Å². The number of alkyl halides is 5. The molecule has 0 fully saturated rings. The quantitative estimate of drug-likeness (QED) is 0.248. The highest BCUT2D eigenvalue weighted by atomic mass is 35.5. The molecule has 4 amide bonds. The number of hydrogen-bond acceptors (Lipinski definition) is 6. The zero-order chi connectivity index (χ0) is 32.7. The molecule has 0 bridgehead atoms. The first-order valence-electron chi connectivity index (χ1n) is 12.5. The first-order valence-corrected chi connectivity index (χ1v) is 12.8. The van der Waals surface area contributed by atoms with Crippen molar-refractivity contribution in [1.82, 2.24) is 16.0 Å². The molecule has 16 heteroatoms. The van der Waals surface area contributed by atoms with Crippen molar-refractivity contribution >= 4 is 41.0 Å². The Balaban J connectivity index is 2.43. The largest absolute Gasteiger partial charge is 0.497 e. The van der Waals surface area contributed by atoms with Gasteiger partial charge in [-0.15, -0.1) is 0 Å². The Hall–Kier alpha value is -4.27. The average molecular weight is 635 g/mol. The number of nitrogens with one attached hydrogen (secondary N) is 3. The number of halogens is 6. The van der Waals surface area contributed by atoms with E-state index in [0.717, 1.165) is 18.2 Å². The maximum Gasteiger partial charge on any atom is 0.452 e. The minimum Gasteiger partial charge on any atom is -0.497 e. The first kappa shape index (κ1) is 34.9. The van der Waals surface area contributed by atoms with Crippen LogP contribution in [0.15, 0.2) is 48.5 Å². The van der Waals surface area contributed by atoms with Gasteiger partial charge in [0.2, 0.25) is 17.7 Å². The maximum absolute atomic E-state index is 14.9. The molecule has 0 spiro atoms. The highest BCUT2D eigenvalue weighted by Crippen LogP contribution is 2.30. The third-order valence-corrected chi connectivity index (χ3v) is 6.26. The molecule has 0 aromatic heterocycles. The third-order valence-electron chi connectivity index (χ3n) is 6.02. The van der Waals surface area contributed by atoms with E-state index in [0.29, 0.717) is 5.75 Å². The fraction of sp³-hybridized carbons (Fsp3) is 0.370. The highest BCUT2D eigenvalue weighted by Gasteiger charge is 2.46. The van der Waals surface area contributed by atoms with Crippen molar-refractivity contribution in [2.24, 2.45) is 11.7 Å². The van der Waals surface area contributed by atoms with Crippen LogP contribution in [0.4, 0.5) is 22.0 Å². The molecule has 2 aromatic carbocycles. The van der Waals surface area contributed by atoms with Gasteiger partial charge in [-0.25, -0.2) is 0 Å². The highest BCUT2D eigenvalue weighted by molar-refractivity contribution is 6.30. The van der Waals surface area contributed by atoms with E-state index in [1.807, 2.05) is 5.32 Å². The van der Waals surface area contributed by atoms with Crippen LogP contribution in [0.25, 0.3) is 0 Å². The van der Waals surface area contributed by atoms with Crippen molar-refractivity contribution in [3.8, 4) is 5.75 Å². The van der Waals surface area contributed by atoms with Crippen molar-refractivity contribution < 1.29 is 50.7 Å². The second-order valence-corrected chi connectivity index (χ2v) is 10.0. The minimum absolute atomic E-state index is 0.0398. The molecular formula is C27H28ClF5N4O6. The van der Waals surface area contributed by atoms with E-state index in [2.05, 4.69) is 5.32 Å². The molecule has 0 saturated carbocycles. The molecule has 234 valence electrons. The summed E-state index contributed by atoms with van der Waals surface area (Å²) in [5.41, 5.74) is 4.27. The molecule has 0 heterocycles. The summed E-state index contributed by atoms with van der Waals surface area (Å²) in [6.45, 7) is 2.49. The van der Waals surface area contributed by atoms with Crippen LogP contribution in [0.1, 0.15) is 37.4 Å². The van der Waals surface area contributed by atoms with Crippen LogP contribution in [-0.4, -0.2) is 54.8 Å². The lowest BCUT2D eigenvalue weighted by Gasteiger charge is -2.27. The number of methoxy groups -OCH3 is 1. The lowest BCUT2D eigenvalue weighted by molar-refractivity contribution is -0.175. The van der Waals surface area contributed by atoms with Crippen LogP contribution in [0.5, 0.6) is 5.75 Å². The summed E-state index contributed by atoms with van der Waals surface area (Å²) in [5.74, 6) is -13.1. The van der Waals surface area contributed by atoms with Gasteiger partial charge in [-0.1, -0.05) is 49.7 Å². The summed E-state index contributed by atoms with van der Waals surface area (Å²) >= 11 is 5.73. The first-order chi connectivity index (χ1) is 19.9. The smallest absolute Gasteiger partial charge is 0.452 e. The summed E-state index contributed by atoms with van der Waals surface area (Å²) < 4.78 is 74.3. The van der Waals surface area contributed by atoms with Crippen LogP contribution >= 0.6 is 11.6 Å². The maximum atomic E-state index is 14.9. The summed E-state index contributed by atoms with van der Waals surface area (Å²) in [6.07, 6.45) is -6.30. The lowest BCUT2D eigenvalue weighted by Crippen LogP contribution is -2.56. The van der Waals surface area contributed by atoms with E-state index in [1.165, 1.54) is 51.3 Å². The van der Waals surface area contributed by atoms with Crippen molar-refractivity contribution in [3.63, 3.8) is 0 Å². The van der Waals surface area contributed by atoms with Gasteiger partial charge in [-0.3, -0.25) is 24.0 Å². The molecule has 2 rings (SSSR count). The molecule has 0 saturated heterocycles. The summed E-state index contributed by atoms with van der Waals surface area (Å²) in [6, 6.07) is 3.40. The summed E-state index contributed by atoms with van der Waals surface area (Å²) in [7, 11) is 1.33. The normalized spacial score (nSPS) is 13.8. The van der Waals surface area contributed by atoms with Crippen LogP contribution in [0.2, 0.25) is 5.02 Å². The van der Waals surface area contributed by atoms with Gasteiger partial charge in [0.05, 0.1) is 19.6 Å². The molecule has 5 N–H and O–H groups in total. The van der Waals surface area contributed by atoms with E-state index in [9.17, 15) is 45.9 Å². The number of nitrogens with two attached hydrogens (primary N) is 1. The Morgan fingerprint density at radius 1 is 0.907 bits per heavy atom. The Bertz CT molecular complexity index is 1350. The van der Waals surface area contributed by atoms with Crippen molar-refractivity contribution in [3.05, 3.63) is 64.7 Å². The van der Waals surface area contributed by atoms with Gasteiger partial charge in [-0.2, -0.15) is 22.0 Å². The Morgan fingerprint density at radius 2 is 1.51 bits per heavy atom. The fourth-order valence-electron chi connectivity index (χ4n) is 3.76. The predicted octanol–water partition coefficient (Wildman–Crippen LogP) is 2.93. The monoisotopic (exact) mass is 634 g/mol. The number of ether oxygens (including phenoxy) is 1. The van der Waals surface area contributed by atoms with E-state index < -0.39 is 77.5 Å². The number of Topliss-reactive ketones (excluding diaryl/α,β-unsaturated/α-hetero) is 1. The average Bonchev–Trinajstić information content (AvgIpc) is 2.92. The molecule has 0 radical (unpaired) electrons. The number of rotatable bonds is 13. The van der Waals surface area contributed by atoms with Gasteiger partial charge in [0, 0.05) is 10.6 Å². The SMILES string of the molecule is COc1ccc([C@H](NC(=O)[C@H](CC(N)=O)NC(=O)C(F)(F)c2cccc(Cl)c2)C(=O)N[C@H](C(=O)C(F)(F)F)C(C)C)cc1. The van der Waals surface area contributed by atoms with E-state index in [-0.39, 0.29) is 10.6 Å². The Morgan fingerprint density at radius 3 is 2.00 bits per heavy atom. The number of carbonyl (C=O) groups excluding carboxylic acids is 5. The molecule has 0 unspecified atom stereocenters. The third kappa shape index (κ3) is 9.36. The second-order valence-electron chi connectivity index (χ2n) is 9.59. The summed E-state index contributed by atoms with van der Waals surface area (Å²) in [4.78, 5) is 62.6. The van der Waals surface area contributed by atoms with Gasteiger partial charge in [0.15, 0.2) is 0 Å². The van der Waals surface area contributed by atoms with Crippen molar-refractivity contribution in [2.45, 2.75) is 50.5 Å². The minimum atomic E-state index is -5.30. The number of ketones is 1. The molecule has 0 aliphatic heterocycles. The van der Waals surface area contributed by atoms with Crippen LogP contribution in [0.3, 0.4) is 0 Å². The molecule has 2 aromatic rings. The van der Waals surface area contributed by atoms with Crippen molar-refractivity contribution in [1.29, 1.82) is 0 Å². The Kier molecular flexibility index (Phi) is 11.6. The number of benzene rings is 2. The molecule has 0 aliphatic carbocycles. The van der Waals surface area contributed by atoms with Gasteiger partial charge in [-0.05, 0) is 35.7 Å². The number of primary amides is 1. The lowest BCUT2D eigenvalue weighted by atomic mass is 9.97. The molecule has 10 nitrogen and oxygen atoms in total. The predicted molar refractivity (Wildman–Crippen MR) is 143 cm³/mol. The fourth-order valence-corrected chi connectivity index (χ4v) is 3.95. The van der Waals surface area contributed by atoms with Gasteiger partial charge < -0.3 is 26.4 Å². The molecular weight excluding hydrogens is 607 g/mol. The van der Waals surface area contributed by atoms with Crippen molar-refractivity contribution in [2.75, 3.05) is 7.11 Å². The second kappa shape index (κ2) is 14.3. The molecule has 0 aliphatic rings. The standard InChI is InChI=1S/C27H28ClF5N4O6/c1-13(2)20(22(39)27(31,32)33)36-24(41)21(14-7-9-17(43-3)10-8-14)37-23(40)18(12-19(34)38)35-25(42)26(29,30)15-5-4-6-16(28)11-15/h4-11,13,18,20-21H,12H2,1-3H3,(H2,34,38)(H,35,42)(H,36,41)(H,37,40)/t18-,20-,21-/m0/s1. The summed E-state index contributed by atoms with van der Waals surface area (Å²) in [5, 5.41) is 5.69. The number of amides is 4. The van der Waals surface area contributed by atoms with E-state index in [4.69, 9.17) is 22.1 Å². The van der Waals surface area contributed by atoms with Gasteiger partial charge >= 0.3 is 12.1 Å². The van der Waals surface area contributed by atoms with E-state index in [1.54, 1.807) is 5.32 Å². The topological polar surface area (TPSA) is 157 Å². The molecule has 3 atom stereocenters. The Labute approximate surface area is 247 Å². The number of hydrogen-bond donors (Lipinski definition) is 4.